The Morgan fingerprint density at radius 2 is 1.89 bits per heavy atom. The highest BCUT2D eigenvalue weighted by molar-refractivity contribution is 7.12. The fourth-order valence-electron chi connectivity index (χ4n) is 2.92. The minimum Gasteiger partial charge on any atom is -0.504 e. The van der Waals surface area contributed by atoms with Gasteiger partial charge in [0.05, 0.1) is 10.9 Å². The molecule has 0 aliphatic carbocycles. The van der Waals surface area contributed by atoms with E-state index in [9.17, 15) is 38.1 Å². The van der Waals surface area contributed by atoms with E-state index in [2.05, 4.69) is 5.32 Å². The van der Waals surface area contributed by atoms with Gasteiger partial charge in [0, 0.05) is 0 Å². The van der Waals surface area contributed by atoms with Gasteiger partial charge in [-0.15, -0.1) is 11.3 Å². The van der Waals surface area contributed by atoms with E-state index in [1.54, 1.807) is 0 Å². The molecule has 27 heavy (non-hydrogen) atoms. The minimum atomic E-state index is -5.36. The van der Waals surface area contributed by atoms with E-state index < -0.39 is 47.2 Å². The molecule has 2 amide bonds. The van der Waals surface area contributed by atoms with E-state index in [1.165, 1.54) is 22.8 Å². The minimum absolute atomic E-state index is 0.0476. The molecule has 0 bridgehead atoms. The Hall–Kier alpha value is -2.79. The number of nitrogens with one attached hydrogen (secondary N) is 2. The van der Waals surface area contributed by atoms with Gasteiger partial charge in [-0.1, -0.05) is 12.1 Å². The highest BCUT2D eigenvalue weighted by Crippen LogP contribution is 2.45. The molecule has 11 heteroatoms. The molecule has 2 heterocycles. The van der Waals surface area contributed by atoms with E-state index in [0.29, 0.717) is 0 Å². The van der Waals surface area contributed by atoms with Crippen molar-refractivity contribution in [3.05, 3.63) is 46.2 Å². The quantitative estimate of drug-likeness (QED) is 0.399. The number of phenols is 2. The largest absolute Gasteiger partial charge is 0.504 e. The standard InChI is InChI=1S/C16H13F3N2O5S/c17-16(18,19)15(26)11(13(24)10-2-1-5-27-10)12(20-14(25)21-15)7-3-4-8(22)9(23)6-7/h1-6,11-12,22-23,26H,(H2,20,21,25)/t11-,12-,15-/m1/s1. The van der Waals surface area contributed by atoms with Crippen molar-refractivity contribution in [2.75, 3.05) is 0 Å². The summed E-state index contributed by atoms with van der Waals surface area (Å²) < 4.78 is 41.0. The van der Waals surface area contributed by atoms with Crippen molar-refractivity contribution >= 4 is 23.2 Å². The number of urea groups is 1. The van der Waals surface area contributed by atoms with Crippen LogP contribution in [0.4, 0.5) is 18.0 Å². The van der Waals surface area contributed by atoms with Gasteiger partial charge in [0.15, 0.2) is 17.3 Å². The molecule has 3 atom stereocenters. The maximum Gasteiger partial charge on any atom is 0.437 e. The zero-order valence-electron chi connectivity index (χ0n) is 13.3. The first-order valence-corrected chi connectivity index (χ1v) is 8.40. The molecule has 7 nitrogen and oxygen atoms in total. The third-order valence-electron chi connectivity index (χ3n) is 4.21. The van der Waals surface area contributed by atoms with Crippen molar-refractivity contribution in [2.24, 2.45) is 5.92 Å². The number of aromatic hydroxyl groups is 2. The number of aliphatic hydroxyl groups is 1. The van der Waals surface area contributed by atoms with Crippen LogP contribution in [0.1, 0.15) is 21.3 Å². The van der Waals surface area contributed by atoms with Crippen molar-refractivity contribution in [1.29, 1.82) is 0 Å². The van der Waals surface area contributed by atoms with E-state index >= 15 is 0 Å². The van der Waals surface area contributed by atoms with Crippen LogP contribution in [-0.4, -0.2) is 39.0 Å². The third kappa shape index (κ3) is 3.19. The first-order chi connectivity index (χ1) is 12.5. The van der Waals surface area contributed by atoms with E-state index in [0.717, 1.165) is 29.5 Å². The number of alkyl halides is 3. The Labute approximate surface area is 154 Å². The molecule has 0 spiro atoms. The Kier molecular flexibility index (Phi) is 4.52. The lowest BCUT2D eigenvalue weighted by Crippen LogP contribution is -2.72. The van der Waals surface area contributed by atoms with Crippen molar-refractivity contribution in [2.45, 2.75) is 17.9 Å². The molecule has 5 N–H and O–H groups in total. The zero-order chi connectivity index (χ0) is 20.0. The van der Waals surface area contributed by atoms with Crippen molar-refractivity contribution in [3.63, 3.8) is 0 Å². The third-order valence-corrected chi connectivity index (χ3v) is 5.10. The summed E-state index contributed by atoms with van der Waals surface area (Å²) in [6, 6.07) is 2.84. The fourth-order valence-corrected chi connectivity index (χ4v) is 3.63. The van der Waals surface area contributed by atoms with Gasteiger partial charge in [-0.25, -0.2) is 4.79 Å². The average Bonchev–Trinajstić information content (AvgIpc) is 3.09. The van der Waals surface area contributed by atoms with Gasteiger partial charge in [0.1, 0.15) is 5.92 Å². The molecule has 0 saturated carbocycles. The van der Waals surface area contributed by atoms with E-state index in [1.807, 2.05) is 0 Å². The van der Waals surface area contributed by atoms with Crippen LogP contribution in [0.2, 0.25) is 0 Å². The van der Waals surface area contributed by atoms with Crippen LogP contribution in [0.25, 0.3) is 0 Å². The van der Waals surface area contributed by atoms with Crippen LogP contribution < -0.4 is 10.6 Å². The summed E-state index contributed by atoms with van der Waals surface area (Å²) in [5.41, 5.74) is -3.94. The first-order valence-electron chi connectivity index (χ1n) is 7.52. The average molecular weight is 402 g/mol. The summed E-state index contributed by atoms with van der Waals surface area (Å²) in [6.45, 7) is 0. The number of benzene rings is 1. The smallest absolute Gasteiger partial charge is 0.437 e. The normalized spacial score (nSPS) is 25.6. The van der Waals surface area contributed by atoms with Crippen LogP contribution in [0, 0.1) is 5.92 Å². The molecule has 1 fully saturated rings. The summed E-state index contributed by atoms with van der Waals surface area (Å²) >= 11 is 0.882. The molecule has 1 aliphatic rings. The summed E-state index contributed by atoms with van der Waals surface area (Å²) in [5, 5.41) is 34.5. The maximum atomic E-state index is 13.7. The topological polar surface area (TPSA) is 119 Å². The van der Waals surface area contributed by atoms with Crippen LogP contribution >= 0.6 is 11.3 Å². The number of rotatable bonds is 3. The Morgan fingerprint density at radius 3 is 2.44 bits per heavy atom. The van der Waals surface area contributed by atoms with Gasteiger partial charge in [0.2, 0.25) is 5.72 Å². The maximum absolute atomic E-state index is 13.7. The zero-order valence-corrected chi connectivity index (χ0v) is 14.1. The number of ketones is 1. The van der Waals surface area contributed by atoms with Crippen LogP contribution in [0.5, 0.6) is 11.5 Å². The molecule has 0 unspecified atom stereocenters. The van der Waals surface area contributed by atoms with Gasteiger partial charge in [-0.3, -0.25) is 4.79 Å². The van der Waals surface area contributed by atoms with Crippen LogP contribution in [-0.2, 0) is 0 Å². The van der Waals surface area contributed by atoms with Gasteiger partial charge in [-0.2, -0.15) is 13.2 Å². The number of amides is 2. The van der Waals surface area contributed by atoms with Crippen molar-refractivity contribution in [3.8, 4) is 11.5 Å². The highest BCUT2D eigenvalue weighted by atomic mass is 32.1. The van der Waals surface area contributed by atoms with E-state index in [4.69, 9.17) is 0 Å². The SMILES string of the molecule is O=C1N[C@H](c2ccc(O)c(O)c2)[C@H](C(=O)c2cccs2)[C@@](O)(C(F)(F)F)N1. The molecular formula is C16H13F3N2O5S. The molecule has 0 radical (unpaired) electrons. The number of halogens is 3. The summed E-state index contributed by atoms with van der Waals surface area (Å²) in [4.78, 5) is 24.6. The highest BCUT2D eigenvalue weighted by Gasteiger charge is 2.66. The Bertz CT molecular complexity index is 887. The summed E-state index contributed by atoms with van der Waals surface area (Å²) in [6.07, 6.45) is -5.36. The number of hydrogen-bond acceptors (Lipinski definition) is 6. The second-order valence-corrected chi connectivity index (χ2v) is 6.86. The first kappa shape index (κ1) is 19.0. The van der Waals surface area contributed by atoms with Gasteiger partial charge in [0.25, 0.3) is 0 Å². The van der Waals surface area contributed by atoms with Gasteiger partial charge < -0.3 is 26.0 Å². The van der Waals surface area contributed by atoms with Gasteiger partial charge in [-0.05, 0) is 29.1 Å². The Morgan fingerprint density at radius 1 is 1.19 bits per heavy atom. The summed E-state index contributed by atoms with van der Waals surface area (Å²) in [7, 11) is 0. The van der Waals surface area contributed by atoms with Crippen LogP contribution in [0.15, 0.2) is 35.7 Å². The molecular weight excluding hydrogens is 389 g/mol. The van der Waals surface area contributed by atoms with Crippen molar-refractivity contribution in [1.82, 2.24) is 10.6 Å². The lowest BCUT2D eigenvalue weighted by atomic mass is 9.78. The molecule has 1 aromatic carbocycles. The number of carbonyl (C=O) groups is 2. The van der Waals surface area contributed by atoms with Crippen LogP contribution in [0.3, 0.4) is 0 Å². The predicted molar refractivity (Wildman–Crippen MR) is 87.3 cm³/mol. The number of Topliss-reactive ketones (excluding diaryl/α,β-unsaturated/α-hetero) is 1. The van der Waals surface area contributed by atoms with E-state index in [-0.39, 0.29) is 10.4 Å². The molecule has 3 rings (SSSR count). The lowest BCUT2D eigenvalue weighted by molar-refractivity contribution is -0.287. The van der Waals surface area contributed by atoms with Crippen molar-refractivity contribution < 1.29 is 38.1 Å². The Balaban J connectivity index is 2.17. The molecule has 1 aliphatic heterocycles. The fraction of sp³-hybridized carbons (Fsp3) is 0.250. The molecule has 1 aromatic heterocycles. The molecule has 2 aromatic rings. The number of thiophene rings is 1. The number of hydrogen-bond donors (Lipinski definition) is 5. The monoisotopic (exact) mass is 402 g/mol. The second kappa shape index (κ2) is 6.43. The molecule has 144 valence electrons. The predicted octanol–water partition coefficient (Wildman–Crippen LogP) is 2.26. The second-order valence-electron chi connectivity index (χ2n) is 5.91. The molecule has 1 saturated heterocycles. The number of phenolic OH excluding ortho intramolecular Hbond substituents is 2. The lowest BCUT2D eigenvalue weighted by Gasteiger charge is -2.44. The van der Waals surface area contributed by atoms with Gasteiger partial charge >= 0.3 is 12.2 Å². The summed E-state index contributed by atoms with van der Waals surface area (Å²) in [5.74, 6) is -4.42. The number of carbonyl (C=O) groups excluding carboxylic acids is 2.